The van der Waals surface area contributed by atoms with Crippen LogP contribution in [0.2, 0.25) is 0 Å². The van der Waals surface area contributed by atoms with Gasteiger partial charge in [-0.1, -0.05) is 18.2 Å². The summed E-state index contributed by atoms with van der Waals surface area (Å²) in [6.45, 7) is 0. The number of alkyl halides is 3. The molecule has 8 nitrogen and oxygen atoms in total. The molecule has 2 amide bonds. The minimum atomic E-state index is -4.71. The monoisotopic (exact) mass is 444 g/mol. The number of halogens is 3. The third-order valence-corrected chi connectivity index (χ3v) is 4.24. The maximum Gasteiger partial charge on any atom is 0.416 e. The lowest BCUT2D eigenvalue weighted by Gasteiger charge is -2.14. The zero-order valence-electron chi connectivity index (χ0n) is 16.2. The van der Waals surface area contributed by atoms with Crippen molar-refractivity contribution in [3.63, 3.8) is 0 Å². The largest absolute Gasteiger partial charge is 0.465 e. The lowest BCUT2D eigenvalue weighted by molar-refractivity contribution is -0.137. The van der Waals surface area contributed by atoms with Crippen molar-refractivity contribution in [1.82, 2.24) is 10.2 Å². The van der Waals surface area contributed by atoms with Gasteiger partial charge in [-0.05, 0) is 36.4 Å². The molecule has 3 aromatic rings. The minimum Gasteiger partial charge on any atom is -0.465 e. The minimum absolute atomic E-state index is 0.191. The highest BCUT2D eigenvalue weighted by Gasteiger charge is 2.31. The van der Waals surface area contributed by atoms with Crippen molar-refractivity contribution in [3.8, 4) is 11.3 Å². The summed E-state index contributed by atoms with van der Waals surface area (Å²) >= 11 is 0. The molecular weight excluding hydrogens is 429 g/mol. The summed E-state index contributed by atoms with van der Waals surface area (Å²) in [7, 11) is 0. The number of hydrogen-bond donors (Lipinski definition) is 3. The van der Waals surface area contributed by atoms with Crippen molar-refractivity contribution in [1.29, 1.82) is 0 Å². The first kappa shape index (κ1) is 22.4. The van der Waals surface area contributed by atoms with Crippen molar-refractivity contribution in [3.05, 3.63) is 71.9 Å². The second kappa shape index (κ2) is 9.25. The maximum absolute atomic E-state index is 13.0. The number of carbonyl (C=O) groups is 3. The Morgan fingerprint density at radius 2 is 1.72 bits per heavy atom. The molecule has 0 radical (unpaired) electrons. The number of hydrogen-bond acceptors (Lipinski definition) is 5. The highest BCUT2D eigenvalue weighted by Crippen LogP contribution is 2.34. The Morgan fingerprint density at radius 3 is 2.38 bits per heavy atom. The molecule has 0 unspecified atom stereocenters. The van der Waals surface area contributed by atoms with Crippen LogP contribution in [-0.4, -0.2) is 33.1 Å². The molecule has 0 saturated heterocycles. The van der Waals surface area contributed by atoms with E-state index in [9.17, 15) is 27.6 Å². The van der Waals surface area contributed by atoms with Gasteiger partial charge in [-0.2, -0.15) is 23.4 Å². The van der Waals surface area contributed by atoms with E-state index >= 15 is 0 Å². The SMILES string of the molecule is O=C(O)Nc1ccc(C(F)(F)F)cc1NC(=O)CC(=O)c1cccc(-c2cccnn2)c1. The summed E-state index contributed by atoms with van der Waals surface area (Å²) in [6.07, 6.45) is -5.42. The molecule has 0 aliphatic carbocycles. The van der Waals surface area contributed by atoms with Crippen molar-refractivity contribution in [2.45, 2.75) is 12.6 Å². The molecule has 11 heteroatoms. The Labute approximate surface area is 179 Å². The van der Waals surface area contributed by atoms with E-state index in [2.05, 4.69) is 15.5 Å². The van der Waals surface area contributed by atoms with Gasteiger partial charge in [0.1, 0.15) is 0 Å². The van der Waals surface area contributed by atoms with Crippen molar-refractivity contribution < 1.29 is 32.7 Å². The first-order valence-electron chi connectivity index (χ1n) is 9.06. The van der Waals surface area contributed by atoms with E-state index in [-0.39, 0.29) is 11.3 Å². The smallest absolute Gasteiger partial charge is 0.416 e. The number of anilines is 2. The van der Waals surface area contributed by atoms with Crippen LogP contribution in [0.1, 0.15) is 22.3 Å². The number of Topliss-reactive ketones (excluding diaryl/α,β-unsaturated/α-hetero) is 1. The van der Waals surface area contributed by atoms with Crippen LogP contribution in [0.3, 0.4) is 0 Å². The van der Waals surface area contributed by atoms with E-state index in [0.29, 0.717) is 23.4 Å². The van der Waals surface area contributed by atoms with Gasteiger partial charge < -0.3 is 10.4 Å². The van der Waals surface area contributed by atoms with Crippen LogP contribution in [0.4, 0.5) is 29.3 Å². The molecule has 1 aromatic heterocycles. The quantitative estimate of drug-likeness (QED) is 0.381. The van der Waals surface area contributed by atoms with Gasteiger partial charge in [-0.15, -0.1) is 0 Å². The zero-order chi connectivity index (χ0) is 23.3. The maximum atomic E-state index is 13.0. The molecule has 1 heterocycles. The third kappa shape index (κ3) is 5.65. The molecule has 2 aromatic carbocycles. The topological polar surface area (TPSA) is 121 Å². The Morgan fingerprint density at radius 1 is 0.938 bits per heavy atom. The molecule has 0 aliphatic heterocycles. The summed E-state index contributed by atoms with van der Waals surface area (Å²) in [4.78, 5) is 35.8. The fourth-order valence-electron chi connectivity index (χ4n) is 2.80. The number of aromatic nitrogens is 2. The van der Waals surface area contributed by atoms with Gasteiger partial charge >= 0.3 is 12.3 Å². The summed E-state index contributed by atoms with van der Waals surface area (Å²) in [6, 6.07) is 11.8. The lowest BCUT2D eigenvalue weighted by Crippen LogP contribution is -2.19. The van der Waals surface area contributed by atoms with Crippen LogP contribution >= 0.6 is 0 Å². The number of benzene rings is 2. The third-order valence-electron chi connectivity index (χ3n) is 4.24. The van der Waals surface area contributed by atoms with Gasteiger partial charge in [0.05, 0.1) is 29.1 Å². The van der Waals surface area contributed by atoms with Crippen LogP contribution in [0.15, 0.2) is 60.8 Å². The van der Waals surface area contributed by atoms with Crippen LogP contribution in [0.5, 0.6) is 0 Å². The first-order chi connectivity index (χ1) is 15.1. The predicted molar refractivity (Wildman–Crippen MR) is 108 cm³/mol. The van der Waals surface area contributed by atoms with Gasteiger partial charge in [0, 0.05) is 17.3 Å². The number of ketones is 1. The molecule has 3 rings (SSSR count). The van der Waals surface area contributed by atoms with Gasteiger partial charge in [-0.3, -0.25) is 14.9 Å². The van der Waals surface area contributed by atoms with Crippen LogP contribution in [-0.2, 0) is 11.0 Å². The second-order valence-electron chi connectivity index (χ2n) is 6.53. The Hall–Kier alpha value is -4.28. The average Bonchev–Trinajstić information content (AvgIpc) is 2.74. The molecule has 0 bridgehead atoms. The molecule has 0 aliphatic rings. The number of carbonyl (C=O) groups excluding carboxylic acids is 2. The molecule has 3 N–H and O–H groups in total. The van der Waals surface area contributed by atoms with E-state index in [4.69, 9.17) is 5.11 Å². The Bertz CT molecular complexity index is 1170. The van der Waals surface area contributed by atoms with E-state index in [1.165, 1.54) is 18.3 Å². The molecule has 0 fully saturated rings. The summed E-state index contributed by atoms with van der Waals surface area (Å²) in [5.41, 5.74) is -0.484. The normalized spacial score (nSPS) is 11.0. The van der Waals surface area contributed by atoms with Gasteiger partial charge in [-0.25, -0.2) is 4.79 Å². The van der Waals surface area contributed by atoms with Crippen LogP contribution < -0.4 is 10.6 Å². The molecular formula is C21H15F3N4O4. The average molecular weight is 444 g/mol. The van der Waals surface area contributed by atoms with Crippen molar-refractivity contribution >= 4 is 29.2 Å². The summed E-state index contributed by atoms with van der Waals surface area (Å²) in [5, 5.41) is 20.6. The Balaban J connectivity index is 1.78. The first-order valence-corrected chi connectivity index (χ1v) is 9.06. The predicted octanol–water partition coefficient (Wildman–Crippen LogP) is 4.46. The summed E-state index contributed by atoms with van der Waals surface area (Å²) in [5.74, 6) is -1.50. The fraction of sp³-hybridized carbons (Fsp3) is 0.0952. The zero-order valence-corrected chi connectivity index (χ0v) is 16.2. The lowest BCUT2D eigenvalue weighted by atomic mass is 10.0. The van der Waals surface area contributed by atoms with Crippen molar-refractivity contribution in [2.24, 2.45) is 0 Å². The van der Waals surface area contributed by atoms with E-state index in [1.807, 2.05) is 5.32 Å². The standard InChI is InChI=1S/C21H15F3N4O4/c22-21(23,24)14-6-7-16(27-20(31)32)17(10-14)26-19(30)11-18(29)13-4-1-3-12(9-13)15-5-2-8-25-28-15/h1-10,27H,11H2,(H,26,30)(H,31,32). The van der Waals surface area contributed by atoms with Crippen LogP contribution in [0, 0.1) is 0 Å². The van der Waals surface area contributed by atoms with Gasteiger partial charge in [0.15, 0.2) is 5.78 Å². The number of carboxylic acid groups (broad SMARTS) is 1. The highest BCUT2D eigenvalue weighted by molar-refractivity contribution is 6.12. The van der Waals surface area contributed by atoms with Gasteiger partial charge in [0.2, 0.25) is 5.91 Å². The number of nitrogens with one attached hydrogen (secondary N) is 2. The number of rotatable bonds is 6. The van der Waals surface area contributed by atoms with E-state index in [1.54, 1.807) is 24.3 Å². The van der Waals surface area contributed by atoms with E-state index in [0.717, 1.165) is 6.07 Å². The van der Waals surface area contributed by atoms with Crippen molar-refractivity contribution in [2.75, 3.05) is 10.6 Å². The molecule has 0 spiro atoms. The Kier molecular flexibility index (Phi) is 6.47. The second-order valence-corrected chi connectivity index (χ2v) is 6.53. The van der Waals surface area contributed by atoms with Gasteiger partial charge in [0.25, 0.3) is 0 Å². The highest BCUT2D eigenvalue weighted by atomic mass is 19.4. The number of nitrogens with zero attached hydrogens (tertiary/aromatic N) is 2. The fourth-order valence-corrected chi connectivity index (χ4v) is 2.80. The van der Waals surface area contributed by atoms with Crippen LogP contribution in [0.25, 0.3) is 11.3 Å². The molecule has 164 valence electrons. The molecule has 32 heavy (non-hydrogen) atoms. The summed E-state index contributed by atoms with van der Waals surface area (Å²) < 4.78 is 39.0. The molecule has 0 atom stereocenters. The number of amides is 2. The molecule has 0 saturated carbocycles. The van der Waals surface area contributed by atoms with E-state index < -0.39 is 41.6 Å².